The van der Waals surface area contributed by atoms with Crippen molar-refractivity contribution in [3.05, 3.63) is 35.4 Å². The molecule has 0 spiro atoms. The zero-order valence-corrected chi connectivity index (χ0v) is 12.9. The molecule has 21 heavy (non-hydrogen) atoms. The lowest BCUT2D eigenvalue weighted by Crippen LogP contribution is -2.32. The maximum Gasteiger partial charge on any atom is 0.252 e. The highest BCUT2D eigenvalue weighted by Crippen LogP contribution is 2.24. The lowest BCUT2D eigenvalue weighted by Gasteiger charge is -2.21. The molecule has 0 aromatic heterocycles. The van der Waals surface area contributed by atoms with Crippen molar-refractivity contribution in [2.75, 3.05) is 18.9 Å². The molecule has 2 rings (SSSR count). The standard InChI is InChI=1S/C17H21NO2S/c19-11-5-3-8-14-7-1-2-10-16(14)17(20)18-13-15-9-4-6-12-21-15/h1-2,7,10,15,19H,4-6,9,11-13H2,(H,18,20). The molecule has 1 amide bonds. The second-order valence-corrected chi connectivity index (χ2v) is 6.43. The van der Waals surface area contributed by atoms with Crippen LogP contribution in [0.4, 0.5) is 0 Å². The Morgan fingerprint density at radius 3 is 3.00 bits per heavy atom. The molecule has 1 fully saturated rings. The number of hydrogen-bond acceptors (Lipinski definition) is 3. The first-order chi connectivity index (χ1) is 10.3. The number of amides is 1. The molecule has 2 N–H and O–H groups in total. The summed E-state index contributed by atoms with van der Waals surface area (Å²) in [7, 11) is 0. The number of carbonyl (C=O) groups excluding carboxylic acids is 1. The molecule has 0 bridgehead atoms. The van der Waals surface area contributed by atoms with Crippen molar-refractivity contribution in [3.63, 3.8) is 0 Å². The predicted molar refractivity (Wildman–Crippen MR) is 87.5 cm³/mol. The maximum atomic E-state index is 12.3. The van der Waals surface area contributed by atoms with E-state index in [9.17, 15) is 4.79 Å². The summed E-state index contributed by atoms with van der Waals surface area (Å²) in [6.45, 7) is 0.766. The summed E-state index contributed by atoms with van der Waals surface area (Å²) >= 11 is 1.95. The Morgan fingerprint density at radius 1 is 1.38 bits per heavy atom. The first-order valence-electron chi connectivity index (χ1n) is 7.40. The van der Waals surface area contributed by atoms with Crippen LogP contribution in [-0.2, 0) is 0 Å². The van der Waals surface area contributed by atoms with Crippen LogP contribution in [0.25, 0.3) is 0 Å². The summed E-state index contributed by atoms with van der Waals surface area (Å²) in [5, 5.41) is 12.3. The normalized spacial score (nSPS) is 17.7. The van der Waals surface area contributed by atoms with Crippen LogP contribution >= 0.6 is 11.8 Å². The van der Waals surface area contributed by atoms with Crippen LogP contribution in [0.5, 0.6) is 0 Å². The van der Waals surface area contributed by atoms with E-state index in [-0.39, 0.29) is 12.5 Å². The number of rotatable bonds is 4. The molecule has 112 valence electrons. The van der Waals surface area contributed by atoms with Crippen molar-refractivity contribution in [2.45, 2.75) is 30.9 Å². The van der Waals surface area contributed by atoms with Crippen molar-refractivity contribution in [1.29, 1.82) is 0 Å². The van der Waals surface area contributed by atoms with E-state index in [1.165, 1.54) is 25.0 Å². The molecular formula is C17H21NO2S. The average molecular weight is 303 g/mol. The van der Waals surface area contributed by atoms with Crippen LogP contribution in [0.2, 0.25) is 0 Å². The molecular weight excluding hydrogens is 282 g/mol. The Morgan fingerprint density at radius 2 is 2.24 bits per heavy atom. The van der Waals surface area contributed by atoms with Crippen molar-refractivity contribution in [3.8, 4) is 11.8 Å². The van der Waals surface area contributed by atoms with Gasteiger partial charge >= 0.3 is 0 Å². The third-order valence-corrected chi connectivity index (χ3v) is 4.79. The van der Waals surface area contributed by atoms with E-state index < -0.39 is 0 Å². The molecule has 1 saturated heterocycles. The van der Waals surface area contributed by atoms with Gasteiger partial charge in [-0.2, -0.15) is 11.8 Å². The van der Waals surface area contributed by atoms with E-state index in [1.54, 1.807) is 6.07 Å². The summed E-state index contributed by atoms with van der Waals surface area (Å²) in [6, 6.07) is 7.36. The summed E-state index contributed by atoms with van der Waals surface area (Å²) < 4.78 is 0. The molecule has 1 heterocycles. The van der Waals surface area contributed by atoms with Crippen LogP contribution in [-0.4, -0.2) is 35.2 Å². The van der Waals surface area contributed by atoms with E-state index in [0.29, 0.717) is 17.2 Å². The Hall–Kier alpha value is -1.44. The quantitative estimate of drug-likeness (QED) is 0.840. The van der Waals surface area contributed by atoms with Gasteiger partial charge in [0.25, 0.3) is 5.91 Å². The average Bonchev–Trinajstić information content (AvgIpc) is 2.54. The van der Waals surface area contributed by atoms with Crippen LogP contribution in [0.15, 0.2) is 24.3 Å². The first-order valence-corrected chi connectivity index (χ1v) is 8.44. The van der Waals surface area contributed by atoms with Gasteiger partial charge in [-0.05, 0) is 30.7 Å². The fraction of sp³-hybridized carbons (Fsp3) is 0.471. The minimum Gasteiger partial charge on any atom is -0.395 e. The minimum atomic E-state index is -0.0601. The lowest BCUT2D eigenvalue weighted by atomic mass is 10.1. The van der Waals surface area contributed by atoms with E-state index in [0.717, 1.165) is 12.1 Å². The summed E-state index contributed by atoms with van der Waals surface area (Å²) in [6.07, 6.45) is 4.16. The van der Waals surface area contributed by atoms with E-state index >= 15 is 0 Å². The van der Waals surface area contributed by atoms with Gasteiger partial charge in [-0.3, -0.25) is 4.79 Å². The molecule has 0 aliphatic carbocycles. The molecule has 0 radical (unpaired) electrons. The summed E-state index contributed by atoms with van der Waals surface area (Å²) in [4.78, 5) is 12.3. The number of hydrogen-bond donors (Lipinski definition) is 2. The number of aliphatic hydroxyl groups excluding tert-OH is 1. The number of aliphatic hydroxyl groups is 1. The van der Waals surface area contributed by atoms with E-state index in [1.807, 2.05) is 30.0 Å². The largest absolute Gasteiger partial charge is 0.395 e. The third kappa shape index (κ3) is 5.11. The highest BCUT2D eigenvalue weighted by atomic mass is 32.2. The van der Waals surface area contributed by atoms with Gasteiger partial charge in [0.15, 0.2) is 0 Å². The Bertz CT molecular complexity index is 527. The lowest BCUT2D eigenvalue weighted by molar-refractivity contribution is 0.0953. The van der Waals surface area contributed by atoms with Gasteiger partial charge in [0, 0.05) is 23.8 Å². The second-order valence-electron chi connectivity index (χ2n) is 5.02. The molecule has 1 atom stereocenters. The first kappa shape index (κ1) is 15.9. The van der Waals surface area contributed by atoms with Crippen molar-refractivity contribution in [1.82, 2.24) is 5.32 Å². The number of nitrogens with one attached hydrogen (secondary N) is 1. The molecule has 1 aromatic carbocycles. The minimum absolute atomic E-state index is 0.0419. The van der Waals surface area contributed by atoms with Crippen molar-refractivity contribution in [2.24, 2.45) is 0 Å². The summed E-state index contributed by atoms with van der Waals surface area (Å²) in [5.41, 5.74) is 1.34. The fourth-order valence-corrected chi connectivity index (χ4v) is 3.51. The fourth-order valence-electron chi connectivity index (χ4n) is 2.27. The summed E-state index contributed by atoms with van der Waals surface area (Å²) in [5.74, 6) is 6.96. The van der Waals surface area contributed by atoms with Gasteiger partial charge in [-0.15, -0.1) is 0 Å². The highest BCUT2D eigenvalue weighted by Gasteiger charge is 2.16. The van der Waals surface area contributed by atoms with Gasteiger partial charge in [0.05, 0.1) is 12.2 Å². The number of carbonyl (C=O) groups is 1. The molecule has 1 aromatic rings. The number of benzene rings is 1. The Kier molecular flexibility index (Phi) is 6.65. The number of thioether (sulfide) groups is 1. The Balaban J connectivity index is 1.96. The predicted octanol–water partition coefficient (Wildman–Crippen LogP) is 2.44. The molecule has 1 aliphatic rings. The molecule has 1 unspecified atom stereocenters. The topological polar surface area (TPSA) is 49.3 Å². The monoisotopic (exact) mass is 303 g/mol. The van der Waals surface area contributed by atoms with Crippen LogP contribution in [0, 0.1) is 11.8 Å². The highest BCUT2D eigenvalue weighted by molar-refractivity contribution is 7.99. The van der Waals surface area contributed by atoms with Gasteiger partial charge in [-0.1, -0.05) is 30.4 Å². The van der Waals surface area contributed by atoms with Crippen molar-refractivity contribution >= 4 is 17.7 Å². The SMILES string of the molecule is O=C(NCC1CCCCS1)c1ccccc1C#CCCO. The van der Waals surface area contributed by atoms with Crippen LogP contribution < -0.4 is 5.32 Å². The van der Waals surface area contributed by atoms with Gasteiger partial charge in [0.2, 0.25) is 0 Å². The van der Waals surface area contributed by atoms with E-state index in [2.05, 4.69) is 17.2 Å². The van der Waals surface area contributed by atoms with Crippen LogP contribution in [0.3, 0.4) is 0 Å². The zero-order valence-electron chi connectivity index (χ0n) is 12.1. The van der Waals surface area contributed by atoms with E-state index in [4.69, 9.17) is 5.11 Å². The maximum absolute atomic E-state index is 12.3. The van der Waals surface area contributed by atoms with Crippen LogP contribution in [0.1, 0.15) is 41.6 Å². The molecule has 1 aliphatic heterocycles. The Labute approximate surface area is 130 Å². The smallest absolute Gasteiger partial charge is 0.252 e. The van der Waals surface area contributed by atoms with Gasteiger partial charge in [-0.25, -0.2) is 0 Å². The molecule has 0 saturated carbocycles. The van der Waals surface area contributed by atoms with Gasteiger partial charge < -0.3 is 10.4 Å². The molecule has 3 nitrogen and oxygen atoms in total. The van der Waals surface area contributed by atoms with Crippen molar-refractivity contribution < 1.29 is 9.90 Å². The zero-order chi connectivity index (χ0) is 14.9. The third-order valence-electron chi connectivity index (χ3n) is 3.40. The van der Waals surface area contributed by atoms with Gasteiger partial charge in [0.1, 0.15) is 0 Å². The molecule has 4 heteroatoms. The second kappa shape index (κ2) is 8.76.